The molecule has 0 radical (unpaired) electrons. The van der Waals surface area contributed by atoms with Gasteiger partial charge in [0.2, 0.25) is 5.91 Å². The molecule has 0 unspecified atom stereocenters. The van der Waals surface area contributed by atoms with Crippen molar-refractivity contribution in [1.82, 2.24) is 15.1 Å². The van der Waals surface area contributed by atoms with Crippen molar-refractivity contribution >= 4 is 35.5 Å². The lowest BCUT2D eigenvalue weighted by Gasteiger charge is -2.51. The number of hydrogen-bond acceptors (Lipinski definition) is 4. The van der Waals surface area contributed by atoms with Gasteiger partial charge in [0.15, 0.2) is 0 Å². The summed E-state index contributed by atoms with van der Waals surface area (Å²) in [7, 11) is 6.21. The molecule has 4 rings (SSSR count). The number of nitrogens with zero attached hydrogens (tertiary/aromatic N) is 2. The molecular weight excluding hydrogens is 394 g/mol. The number of alkyl halides is 1. The summed E-state index contributed by atoms with van der Waals surface area (Å²) in [5.74, 6) is 0.0798. The van der Waals surface area contributed by atoms with E-state index >= 15 is 0 Å². The van der Waals surface area contributed by atoms with E-state index in [-0.39, 0.29) is 28.4 Å². The number of piperidine rings is 1. The molecule has 1 spiro atoms. The lowest BCUT2D eigenvalue weighted by Crippen LogP contribution is -2.58. The van der Waals surface area contributed by atoms with E-state index < -0.39 is 12.2 Å². The van der Waals surface area contributed by atoms with E-state index in [2.05, 4.69) is 33.8 Å². The van der Waals surface area contributed by atoms with Gasteiger partial charge < -0.3 is 19.9 Å². The molecule has 4 fully saturated rings. The number of halogens is 1. The lowest BCUT2D eigenvalue weighted by atomic mass is 9.43. The Balaban J connectivity index is 1.18. The summed E-state index contributed by atoms with van der Waals surface area (Å²) >= 11 is 0. The maximum absolute atomic E-state index is 13.3. The number of amides is 2. The first-order valence-electron chi connectivity index (χ1n) is 12.2. The standard InChI is InChI=1S/C21H37B3FN3O3/c22-21(23,24)14-31-18(30)28-9-6-19(13-28)10-16(11-19)27-7-2-15(3-8-27)17(29)26-20(12-25)4-1-5-20/h15-16H,1-14,22-24H2,(H,26,29). The Bertz CT molecular complexity index is 682. The molecule has 0 aromatic rings. The molecule has 2 saturated heterocycles. The fourth-order valence-corrected chi connectivity index (χ4v) is 5.78. The van der Waals surface area contributed by atoms with E-state index in [0.717, 1.165) is 77.5 Å². The number of ether oxygens (including phenoxy) is 1. The summed E-state index contributed by atoms with van der Waals surface area (Å²) in [6.07, 6.45) is 7.47. The summed E-state index contributed by atoms with van der Waals surface area (Å²) in [5.41, 5.74) is -0.297. The number of carbonyl (C=O) groups excluding carboxylic acids is 2. The van der Waals surface area contributed by atoms with Crippen molar-refractivity contribution in [1.29, 1.82) is 0 Å². The number of likely N-dealkylation sites (tertiary alicyclic amines) is 2. The molecule has 2 aliphatic heterocycles. The van der Waals surface area contributed by atoms with Crippen molar-refractivity contribution in [3.05, 3.63) is 0 Å². The van der Waals surface area contributed by atoms with E-state index in [4.69, 9.17) is 4.74 Å². The van der Waals surface area contributed by atoms with Crippen LogP contribution in [0.3, 0.4) is 0 Å². The van der Waals surface area contributed by atoms with E-state index in [1.54, 1.807) is 0 Å². The third-order valence-corrected chi connectivity index (χ3v) is 8.03. The monoisotopic (exact) mass is 431 g/mol. The predicted molar refractivity (Wildman–Crippen MR) is 126 cm³/mol. The Labute approximate surface area is 188 Å². The Morgan fingerprint density at radius 3 is 2.32 bits per heavy atom. The van der Waals surface area contributed by atoms with Crippen LogP contribution in [0.25, 0.3) is 0 Å². The molecule has 31 heavy (non-hydrogen) atoms. The molecule has 4 aliphatic rings. The Morgan fingerprint density at radius 2 is 1.77 bits per heavy atom. The largest absolute Gasteiger partial charge is 0.451 e. The minimum atomic E-state index is -0.559. The van der Waals surface area contributed by atoms with E-state index in [0.29, 0.717) is 12.6 Å². The fraction of sp³-hybridized carbons (Fsp3) is 0.905. The molecule has 2 saturated carbocycles. The number of carbonyl (C=O) groups is 2. The Morgan fingerprint density at radius 1 is 1.10 bits per heavy atom. The third-order valence-electron chi connectivity index (χ3n) is 8.03. The number of rotatable bonds is 6. The highest BCUT2D eigenvalue weighted by Gasteiger charge is 2.51. The zero-order valence-electron chi connectivity index (χ0n) is 19.6. The van der Waals surface area contributed by atoms with E-state index in [9.17, 15) is 14.0 Å². The number of hydrogen-bond donors (Lipinski definition) is 1. The first-order chi connectivity index (χ1) is 14.6. The number of nitrogens with one attached hydrogen (secondary N) is 1. The molecule has 0 bridgehead atoms. The van der Waals surface area contributed by atoms with Crippen LogP contribution in [-0.2, 0) is 9.53 Å². The van der Waals surface area contributed by atoms with Gasteiger partial charge in [0.25, 0.3) is 0 Å². The molecule has 2 aliphatic carbocycles. The third kappa shape index (κ3) is 5.09. The Kier molecular flexibility index (Phi) is 6.41. The highest BCUT2D eigenvalue weighted by Crippen LogP contribution is 2.50. The van der Waals surface area contributed by atoms with Gasteiger partial charge in [-0.25, -0.2) is 9.18 Å². The smallest absolute Gasteiger partial charge is 0.409 e. The molecular formula is C21H37B3FN3O3. The van der Waals surface area contributed by atoms with Crippen molar-refractivity contribution in [2.75, 3.05) is 39.5 Å². The summed E-state index contributed by atoms with van der Waals surface area (Å²) in [4.78, 5) is 29.4. The molecule has 10 heteroatoms. The minimum absolute atomic E-state index is 0.0119. The van der Waals surface area contributed by atoms with Crippen LogP contribution < -0.4 is 5.32 Å². The molecule has 6 nitrogen and oxygen atoms in total. The molecule has 2 amide bonds. The summed E-state index contributed by atoms with van der Waals surface area (Å²) in [6.45, 7) is 3.51. The highest BCUT2D eigenvalue weighted by molar-refractivity contribution is 6.59. The predicted octanol–water partition coefficient (Wildman–Crippen LogP) is -0.329. The minimum Gasteiger partial charge on any atom is -0.451 e. The van der Waals surface area contributed by atoms with E-state index in [1.165, 1.54) is 0 Å². The van der Waals surface area contributed by atoms with Gasteiger partial charge >= 0.3 is 6.09 Å². The second-order valence-electron chi connectivity index (χ2n) is 11.9. The summed E-state index contributed by atoms with van der Waals surface area (Å²) in [6, 6.07) is 0.568. The average molecular weight is 431 g/mol. The first kappa shape index (κ1) is 23.0. The molecule has 0 aromatic heterocycles. The topological polar surface area (TPSA) is 61.9 Å². The normalized spacial score (nSPS) is 31.1. The molecule has 0 aromatic carbocycles. The van der Waals surface area contributed by atoms with Crippen LogP contribution in [0.2, 0.25) is 5.11 Å². The quantitative estimate of drug-likeness (QED) is 0.586. The van der Waals surface area contributed by atoms with Gasteiger partial charge in [-0.1, -0.05) is 5.11 Å². The van der Waals surface area contributed by atoms with Gasteiger partial charge in [-0.3, -0.25) is 4.79 Å². The van der Waals surface area contributed by atoms with Crippen LogP contribution >= 0.6 is 0 Å². The second-order valence-corrected chi connectivity index (χ2v) is 11.9. The van der Waals surface area contributed by atoms with Crippen LogP contribution in [0.4, 0.5) is 9.18 Å². The van der Waals surface area contributed by atoms with Crippen molar-refractivity contribution in [3.63, 3.8) is 0 Å². The fourth-order valence-electron chi connectivity index (χ4n) is 5.78. The van der Waals surface area contributed by atoms with Crippen LogP contribution in [0.5, 0.6) is 0 Å². The van der Waals surface area contributed by atoms with E-state index in [1.807, 2.05) is 4.90 Å². The zero-order valence-corrected chi connectivity index (χ0v) is 19.6. The van der Waals surface area contributed by atoms with Crippen LogP contribution in [0.1, 0.15) is 51.4 Å². The maximum atomic E-state index is 13.3. The van der Waals surface area contributed by atoms with Crippen LogP contribution in [0.15, 0.2) is 0 Å². The summed E-state index contributed by atoms with van der Waals surface area (Å²) in [5, 5.41) is 3.00. The van der Waals surface area contributed by atoms with Crippen molar-refractivity contribution in [2.24, 2.45) is 11.3 Å². The van der Waals surface area contributed by atoms with Gasteiger partial charge in [0.05, 0.1) is 35.7 Å². The second kappa shape index (κ2) is 8.64. The van der Waals surface area contributed by atoms with Crippen LogP contribution in [-0.4, -0.2) is 96.4 Å². The molecule has 0 atom stereocenters. The van der Waals surface area contributed by atoms with Crippen LogP contribution in [0, 0.1) is 11.3 Å². The summed E-state index contributed by atoms with van der Waals surface area (Å²) < 4.78 is 18.8. The maximum Gasteiger partial charge on any atom is 0.409 e. The van der Waals surface area contributed by atoms with Gasteiger partial charge in [0.1, 0.15) is 6.67 Å². The molecule has 170 valence electrons. The van der Waals surface area contributed by atoms with Gasteiger partial charge in [-0.05, 0) is 69.9 Å². The van der Waals surface area contributed by atoms with Crippen molar-refractivity contribution in [2.45, 2.75) is 68.1 Å². The Hall–Kier alpha value is -1.18. The zero-order chi connectivity index (χ0) is 22.3. The van der Waals surface area contributed by atoms with Crippen molar-refractivity contribution in [3.8, 4) is 0 Å². The lowest BCUT2D eigenvalue weighted by molar-refractivity contribution is -0.130. The van der Waals surface area contributed by atoms with Gasteiger partial charge in [-0.2, -0.15) is 0 Å². The van der Waals surface area contributed by atoms with Crippen molar-refractivity contribution < 1.29 is 18.7 Å². The highest BCUT2D eigenvalue weighted by atomic mass is 19.1. The van der Waals surface area contributed by atoms with Gasteiger partial charge in [-0.15, -0.1) is 0 Å². The average Bonchev–Trinajstić information content (AvgIpc) is 3.13. The SMILES string of the molecule is BC(B)(B)COC(=O)N1CCC2(CC(N3CCC(C(=O)NC4(CF)CCC4)CC3)C2)C1. The first-order valence-corrected chi connectivity index (χ1v) is 12.2. The van der Waals surface area contributed by atoms with Gasteiger partial charge in [0, 0.05) is 25.0 Å². The molecule has 1 N–H and O–H groups in total. The molecule has 2 heterocycles.